The molecular weight excluding hydrogens is 659 g/mol. The van der Waals surface area contributed by atoms with Gasteiger partial charge in [-0.15, -0.1) is 0 Å². The van der Waals surface area contributed by atoms with Gasteiger partial charge < -0.3 is 14.2 Å². The Kier molecular flexibility index (Phi) is 9.80. The Hall–Kier alpha value is -3.43. The van der Waals surface area contributed by atoms with E-state index in [0.717, 1.165) is 28.1 Å². The number of hydrogen-bond acceptors (Lipinski definition) is 6. The van der Waals surface area contributed by atoms with Crippen LogP contribution in [0.25, 0.3) is 6.08 Å². The molecule has 0 aromatic heterocycles. The highest BCUT2D eigenvalue weighted by Gasteiger charge is 2.33. The summed E-state index contributed by atoms with van der Waals surface area (Å²) in [4.78, 5) is 20.7. The Labute approximate surface area is 267 Å². The van der Waals surface area contributed by atoms with Gasteiger partial charge in [0.2, 0.25) is 0 Å². The second kappa shape index (κ2) is 13.7. The molecule has 6 nitrogen and oxygen atoms in total. The first-order valence-electron chi connectivity index (χ1n) is 12.8. The van der Waals surface area contributed by atoms with Crippen LogP contribution in [0.4, 0.5) is 5.69 Å². The van der Waals surface area contributed by atoms with Crippen LogP contribution < -0.4 is 14.2 Å². The summed E-state index contributed by atoms with van der Waals surface area (Å²) in [6.45, 7) is 0.633. The monoisotopic (exact) mass is 682 g/mol. The van der Waals surface area contributed by atoms with E-state index in [1.165, 1.54) is 11.8 Å². The van der Waals surface area contributed by atoms with Crippen molar-refractivity contribution in [3.05, 3.63) is 121 Å². The quantitative estimate of drug-likeness (QED) is 0.165. The Bertz CT molecular complexity index is 1660. The van der Waals surface area contributed by atoms with Crippen LogP contribution in [-0.4, -0.2) is 30.2 Å². The lowest BCUT2D eigenvalue weighted by Crippen LogP contribution is -2.28. The van der Waals surface area contributed by atoms with Crippen LogP contribution >= 0.6 is 50.9 Å². The minimum Gasteiger partial charge on any atom is -0.497 e. The molecule has 5 rings (SSSR count). The highest BCUT2D eigenvalue weighted by atomic mass is 79.9. The molecule has 1 fully saturated rings. The number of para-hydroxylation sites is 1. The predicted octanol–water partition coefficient (Wildman–Crippen LogP) is 9.16. The lowest BCUT2D eigenvalue weighted by atomic mass is 10.1. The van der Waals surface area contributed by atoms with E-state index in [1.807, 2.05) is 78.9 Å². The van der Waals surface area contributed by atoms with E-state index in [-0.39, 0.29) is 12.5 Å². The van der Waals surface area contributed by atoms with Crippen LogP contribution in [0, 0.1) is 0 Å². The summed E-state index contributed by atoms with van der Waals surface area (Å²) in [6, 6.07) is 26.3. The fourth-order valence-corrected chi connectivity index (χ4v) is 6.05. The van der Waals surface area contributed by atoms with E-state index >= 15 is 0 Å². The fourth-order valence-electron chi connectivity index (χ4n) is 4.16. The maximum atomic E-state index is 13.7. The van der Waals surface area contributed by atoms with Crippen molar-refractivity contribution in [2.75, 3.05) is 14.2 Å². The Morgan fingerprint density at radius 3 is 2.33 bits per heavy atom. The number of hydrogen-bond donors (Lipinski definition) is 0. The van der Waals surface area contributed by atoms with Gasteiger partial charge in [-0.25, -0.2) is 4.99 Å². The van der Waals surface area contributed by atoms with Gasteiger partial charge >= 0.3 is 0 Å². The number of thioether (sulfide) groups is 1. The number of nitrogens with zero attached hydrogens (tertiary/aromatic N) is 2. The summed E-state index contributed by atoms with van der Waals surface area (Å²) in [6.07, 6.45) is 1.83. The van der Waals surface area contributed by atoms with Crippen LogP contribution in [0.3, 0.4) is 0 Å². The number of amidine groups is 1. The zero-order valence-electron chi connectivity index (χ0n) is 22.6. The SMILES string of the molecule is COc1ccc(CN2C(=O)/C(=C/c3cc(Br)c(OCc4ccc(Cl)c(Cl)c4)c(OC)c3)SC2=Nc2ccccc2)cc1. The highest BCUT2D eigenvalue weighted by Crippen LogP contribution is 2.40. The van der Waals surface area contributed by atoms with Gasteiger partial charge in [0, 0.05) is 0 Å². The zero-order valence-corrected chi connectivity index (χ0v) is 26.6. The van der Waals surface area contributed by atoms with Crippen LogP contribution in [0.15, 0.2) is 99.3 Å². The molecule has 0 aliphatic carbocycles. The smallest absolute Gasteiger partial charge is 0.267 e. The van der Waals surface area contributed by atoms with E-state index in [2.05, 4.69) is 15.9 Å². The summed E-state index contributed by atoms with van der Waals surface area (Å²) < 4.78 is 17.7. The number of methoxy groups -OCH3 is 2. The number of ether oxygens (including phenoxy) is 3. The van der Waals surface area contributed by atoms with Gasteiger partial charge in [-0.2, -0.15) is 0 Å². The summed E-state index contributed by atoms with van der Waals surface area (Å²) in [7, 11) is 3.19. The molecule has 214 valence electrons. The van der Waals surface area contributed by atoms with Crippen molar-refractivity contribution < 1.29 is 19.0 Å². The summed E-state index contributed by atoms with van der Waals surface area (Å²) in [5.41, 5.74) is 3.35. The molecule has 10 heteroatoms. The van der Waals surface area contributed by atoms with Gasteiger partial charge in [-0.1, -0.05) is 59.6 Å². The van der Waals surface area contributed by atoms with Crippen molar-refractivity contribution in [2.45, 2.75) is 13.2 Å². The molecule has 1 aliphatic rings. The van der Waals surface area contributed by atoms with Crippen molar-refractivity contribution in [3.63, 3.8) is 0 Å². The third-order valence-corrected chi connectivity index (χ3v) is 8.62. The molecule has 1 saturated heterocycles. The lowest BCUT2D eigenvalue weighted by molar-refractivity contribution is -0.122. The molecule has 0 atom stereocenters. The zero-order chi connectivity index (χ0) is 29.6. The molecule has 1 heterocycles. The maximum Gasteiger partial charge on any atom is 0.267 e. The van der Waals surface area contributed by atoms with Gasteiger partial charge in [-0.3, -0.25) is 9.69 Å². The molecule has 4 aromatic rings. The van der Waals surface area contributed by atoms with Gasteiger partial charge in [0.05, 0.1) is 45.9 Å². The summed E-state index contributed by atoms with van der Waals surface area (Å²) in [5, 5.41) is 1.54. The molecule has 42 heavy (non-hydrogen) atoms. The summed E-state index contributed by atoms with van der Waals surface area (Å²) in [5.74, 6) is 1.66. The minimum atomic E-state index is -0.138. The molecule has 0 spiro atoms. The Morgan fingerprint density at radius 1 is 0.905 bits per heavy atom. The van der Waals surface area contributed by atoms with E-state index in [4.69, 9.17) is 42.4 Å². The molecule has 0 N–H and O–H groups in total. The van der Waals surface area contributed by atoms with Crippen LogP contribution in [-0.2, 0) is 17.9 Å². The topological polar surface area (TPSA) is 60.4 Å². The highest BCUT2D eigenvalue weighted by molar-refractivity contribution is 9.10. The van der Waals surface area contributed by atoms with E-state index in [0.29, 0.717) is 42.6 Å². The average molecular weight is 684 g/mol. The number of amides is 1. The van der Waals surface area contributed by atoms with E-state index < -0.39 is 0 Å². The van der Waals surface area contributed by atoms with Gasteiger partial charge in [-0.05, 0) is 99.0 Å². The molecule has 0 unspecified atom stereocenters. The van der Waals surface area contributed by atoms with Crippen LogP contribution in [0.2, 0.25) is 10.0 Å². The third kappa shape index (κ3) is 7.13. The van der Waals surface area contributed by atoms with Gasteiger partial charge in [0.15, 0.2) is 16.7 Å². The number of carbonyl (C=O) groups excluding carboxylic acids is 1. The molecule has 0 saturated carbocycles. The van der Waals surface area contributed by atoms with Gasteiger partial charge in [0.1, 0.15) is 12.4 Å². The second-order valence-corrected chi connectivity index (χ2v) is 11.8. The molecule has 1 amide bonds. The average Bonchev–Trinajstić information content (AvgIpc) is 3.27. The van der Waals surface area contributed by atoms with Gasteiger partial charge in [0.25, 0.3) is 5.91 Å². The number of rotatable bonds is 9. The first-order chi connectivity index (χ1) is 20.3. The summed E-state index contributed by atoms with van der Waals surface area (Å²) >= 11 is 17.1. The number of halogens is 3. The fraction of sp³-hybridized carbons (Fsp3) is 0.125. The second-order valence-electron chi connectivity index (χ2n) is 9.15. The number of aliphatic imine (C=N–C) groups is 1. The number of benzene rings is 4. The lowest BCUT2D eigenvalue weighted by Gasteiger charge is -2.16. The molecule has 4 aromatic carbocycles. The molecular formula is C32H25BrCl2N2O4S. The minimum absolute atomic E-state index is 0.138. The normalized spacial score (nSPS) is 15.0. The van der Waals surface area contributed by atoms with E-state index in [9.17, 15) is 4.79 Å². The van der Waals surface area contributed by atoms with E-state index in [1.54, 1.807) is 31.3 Å². The van der Waals surface area contributed by atoms with Crippen LogP contribution in [0.5, 0.6) is 17.2 Å². The number of carbonyl (C=O) groups is 1. The molecule has 0 bridgehead atoms. The Morgan fingerprint density at radius 2 is 1.64 bits per heavy atom. The van der Waals surface area contributed by atoms with Crippen molar-refractivity contribution in [1.29, 1.82) is 0 Å². The standard InChI is InChI=1S/C32H25BrCl2N2O4S/c1-39-24-11-8-20(9-12-24)18-37-31(38)29(42-32(37)36-23-6-4-3-5-7-23)17-22-14-25(33)30(28(16-22)40-2)41-19-21-10-13-26(34)27(35)15-21/h3-17H,18-19H2,1-2H3/b29-17-,36-32?. The molecule has 1 aliphatic heterocycles. The van der Waals surface area contributed by atoms with Crippen molar-refractivity contribution in [1.82, 2.24) is 4.90 Å². The van der Waals surface area contributed by atoms with Crippen molar-refractivity contribution in [2.24, 2.45) is 4.99 Å². The van der Waals surface area contributed by atoms with Crippen molar-refractivity contribution >= 4 is 73.7 Å². The van der Waals surface area contributed by atoms with Crippen molar-refractivity contribution in [3.8, 4) is 17.2 Å². The Balaban J connectivity index is 1.42. The largest absolute Gasteiger partial charge is 0.497 e. The van der Waals surface area contributed by atoms with Crippen LogP contribution in [0.1, 0.15) is 16.7 Å². The first-order valence-corrected chi connectivity index (χ1v) is 15.1. The molecule has 0 radical (unpaired) electrons. The predicted molar refractivity (Wildman–Crippen MR) is 174 cm³/mol. The first kappa shape index (κ1) is 30.0. The third-order valence-electron chi connectivity index (χ3n) is 6.29. The maximum absolute atomic E-state index is 13.7.